The van der Waals surface area contributed by atoms with Crippen molar-refractivity contribution in [1.82, 2.24) is 25.3 Å². The first-order valence-corrected chi connectivity index (χ1v) is 11.9. The number of hydrogen-bond acceptors (Lipinski definition) is 6. The monoisotopic (exact) mass is 455 g/mol. The maximum atomic E-state index is 13.0. The Kier molecular flexibility index (Phi) is 6.36. The number of ketones is 1. The lowest BCUT2D eigenvalue weighted by molar-refractivity contribution is 0.0990. The van der Waals surface area contributed by atoms with Gasteiger partial charge in [-0.05, 0) is 75.7 Å². The van der Waals surface area contributed by atoms with Gasteiger partial charge >= 0.3 is 0 Å². The summed E-state index contributed by atoms with van der Waals surface area (Å²) in [5.41, 5.74) is 4.19. The topological polar surface area (TPSA) is 81.9 Å². The molecule has 1 fully saturated rings. The Morgan fingerprint density at radius 1 is 1.09 bits per heavy atom. The molecule has 0 spiro atoms. The predicted octanol–water partition coefficient (Wildman–Crippen LogP) is 4.63. The molecule has 2 aromatic carbocycles. The molecule has 0 atom stereocenters. The number of carbonyl (C=O) groups is 1. The molecule has 34 heavy (non-hydrogen) atoms. The lowest BCUT2D eigenvalue weighted by atomic mass is 10.0. The number of aromatic nitrogens is 4. The van der Waals surface area contributed by atoms with Crippen LogP contribution in [0.15, 0.2) is 60.9 Å². The van der Waals surface area contributed by atoms with Gasteiger partial charge in [0.15, 0.2) is 5.78 Å². The van der Waals surface area contributed by atoms with E-state index in [2.05, 4.69) is 40.5 Å². The van der Waals surface area contributed by atoms with Crippen LogP contribution in [0.4, 0.5) is 0 Å². The lowest BCUT2D eigenvalue weighted by Crippen LogP contribution is -2.34. The Balaban J connectivity index is 1.33. The number of benzene rings is 2. The quantitative estimate of drug-likeness (QED) is 0.409. The van der Waals surface area contributed by atoms with Crippen molar-refractivity contribution in [2.45, 2.75) is 45.3 Å². The minimum absolute atomic E-state index is 0.00113. The van der Waals surface area contributed by atoms with E-state index in [9.17, 15) is 4.79 Å². The van der Waals surface area contributed by atoms with E-state index in [1.807, 2.05) is 59.5 Å². The molecule has 5 rings (SSSR count). The van der Waals surface area contributed by atoms with Gasteiger partial charge in [0.25, 0.3) is 0 Å². The zero-order valence-corrected chi connectivity index (χ0v) is 19.6. The number of nitrogens with zero attached hydrogens (tertiary/aromatic N) is 4. The van der Waals surface area contributed by atoms with Crippen molar-refractivity contribution in [2.24, 2.45) is 0 Å². The maximum Gasteiger partial charge on any atom is 0.169 e. The van der Waals surface area contributed by atoms with Crippen molar-refractivity contribution in [3.05, 3.63) is 72.2 Å². The molecule has 3 heterocycles. The molecule has 0 amide bonds. The van der Waals surface area contributed by atoms with E-state index < -0.39 is 0 Å². The summed E-state index contributed by atoms with van der Waals surface area (Å²) in [6.07, 6.45) is 6.26. The summed E-state index contributed by atoms with van der Waals surface area (Å²) >= 11 is 0. The summed E-state index contributed by atoms with van der Waals surface area (Å²) < 4.78 is 8.04. The molecule has 174 valence electrons. The van der Waals surface area contributed by atoms with Gasteiger partial charge in [-0.3, -0.25) is 9.48 Å². The summed E-state index contributed by atoms with van der Waals surface area (Å²) in [5.74, 6) is 0.743. The molecule has 1 aliphatic heterocycles. The molecule has 1 saturated heterocycles. The zero-order valence-electron chi connectivity index (χ0n) is 19.6. The minimum Gasteiger partial charge on any atom is -0.490 e. The molecule has 7 heteroatoms. The second kappa shape index (κ2) is 9.73. The lowest BCUT2D eigenvalue weighted by Gasteiger charge is -2.24. The van der Waals surface area contributed by atoms with Gasteiger partial charge < -0.3 is 10.1 Å². The highest BCUT2D eigenvalue weighted by Crippen LogP contribution is 2.25. The van der Waals surface area contributed by atoms with Crippen LogP contribution in [0.25, 0.3) is 22.0 Å². The van der Waals surface area contributed by atoms with Gasteiger partial charge in [0.2, 0.25) is 0 Å². The molecule has 0 unspecified atom stereocenters. The number of Topliss-reactive ketones (excluding diaryl/α,β-unsaturated/α-hetero) is 1. The van der Waals surface area contributed by atoms with Crippen molar-refractivity contribution in [2.75, 3.05) is 13.1 Å². The molecule has 0 radical (unpaired) electrons. The van der Waals surface area contributed by atoms with Crippen LogP contribution in [0.5, 0.6) is 5.75 Å². The Labute approximate surface area is 199 Å². The molecule has 2 aromatic heterocycles. The van der Waals surface area contributed by atoms with E-state index in [-0.39, 0.29) is 18.3 Å². The Hall–Kier alpha value is -3.58. The summed E-state index contributed by atoms with van der Waals surface area (Å²) in [6.45, 7) is 6.13. The third-order valence-electron chi connectivity index (χ3n) is 6.19. The van der Waals surface area contributed by atoms with Crippen LogP contribution in [0.1, 0.15) is 48.8 Å². The van der Waals surface area contributed by atoms with Gasteiger partial charge in [0, 0.05) is 28.8 Å². The molecule has 1 aliphatic rings. The predicted molar refractivity (Wildman–Crippen MR) is 132 cm³/mol. The van der Waals surface area contributed by atoms with Gasteiger partial charge in [-0.25, -0.2) is 0 Å². The van der Waals surface area contributed by atoms with Crippen LogP contribution < -0.4 is 10.1 Å². The SMILES string of the molecule is CC(C)n1cc(-c2ccc3nnc(CC(=O)c4cccc(OC5CCNCC5)c4)cc3c2)cn1. The Morgan fingerprint density at radius 2 is 1.94 bits per heavy atom. The van der Waals surface area contributed by atoms with E-state index in [1.54, 1.807) is 0 Å². The van der Waals surface area contributed by atoms with Crippen LogP contribution in [-0.2, 0) is 6.42 Å². The third kappa shape index (κ3) is 4.99. The highest BCUT2D eigenvalue weighted by molar-refractivity contribution is 5.98. The van der Waals surface area contributed by atoms with Crippen LogP contribution in [0, 0.1) is 0 Å². The van der Waals surface area contributed by atoms with Gasteiger partial charge in [-0.1, -0.05) is 18.2 Å². The maximum absolute atomic E-state index is 13.0. The zero-order chi connectivity index (χ0) is 23.5. The number of piperidine rings is 1. The van der Waals surface area contributed by atoms with E-state index in [0.29, 0.717) is 17.3 Å². The number of fused-ring (bicyclic) bond motifs is 1. The number of rotatable bonds is 7. The van der Waals surface area contributed by atoms with Crippen LogP contribution in [0.3, 0.4) is 0 Å². The average Bonchev–Trinajstić information content (AvgIpc) is 3.35. The van der Waals surface area contributed by atoms with Crippen molar-refractivity contribution < 1.29 is 9.53 Å². The van der Waals surface area contributed by atoms with E-state index in [0.717, 1.165) is 53.7 Å². The fraction of sp³-hybridized carbons (Fsp3) is 0.333. The average molecular weight is 456 g/mol. The third-order valence-corrected chi connectivity index (χ3v) is 6.19. The standard InChI is InChI=1S/C27H29N5O2/c1-18(2)32-17-22(16-29-32)19-6-7-26-21(12-19)13-23(30-31-26)15-27(33)20-4-3-5-25(14-20)34-24-8-10-28-11-9-24/h3-7,12-14,16-18,24,28H,8-11,15H2,1-2H3. The van der Waals surface area contributed by atoms with Crippen molar-refractivity contribution in [3.63, 3.8) is 0 Å². The fourth-order valence-electron chi connectivity index (χ4n) is 4.24. The van der Waals surface area contributed by atoms with Gasteiger partial charge in [-0.2, -0.15) is 15.3 Å². The molecular formula is C27H29N5O2. The molecule has 0 aliphatic carbocycles. The van der Waals surface area contributed by atoms with Crippen molar-refractivity contribution >= 4 is 16.7 Å². The van der Waals surface area contributed by atoms with Crippen molar-refractivity contribution in [1.29, 1.82) is 0 Å². The smallest absolute Gasteiger partial charge is 0.169 e. The highest BCUT2D eigenvalue weighted by Gasteiger charge is 2.16. The van der Waals surface area contributed by atoms with Gasteiger partial charge in [0.05, 0.1) is 23.8 Å². The summed E-state index contributed by atoms with van der Waals surface area (Å²) in [7, 11) is 0. The Bertz CT molecular complexity index is 1310. The molecule has 1 N–H and O–H groups in total. The summed E-state index contributed by atoms with van der Waals surface area (Å²) in [4.78, 5) is 13.0. The number of ether oxygens (including phenoxy) is 1. The first-order chi connectivity index (χ1) is 16.5. The second-order valence-electron chi connectivity index (χ2n) is 9.11. The largest absolute Gasteiger partial charge is 0.490 e. The van der Waals surface area contributed by atoms with Crippen molar-refractivity contribution in [3.8, 4) is 16.9 Å². The molecule has 4 aromatic rings. The molecule has 0 saturated carbocycles. The van der Waals surface area contributed by atoms with Crippen LogP contribution >= 0.6 is 0 Å². The normalized spacial score (nSPS) is 14.6. The first-order valence-electron chi connectivity index (χ1n) is 11.9. The minimum atomic E-state index is -0.00113. The van der Waals surface area contributed by atoms with E-state index >= 15 is 0 Å². The number of nitrogens with one attached hydrogen (secondary N) is 1. The summed E-state index contributed by atoms with van der Waals surface area (Å²) in [5, 5.41) is 17.4. The molecular weight excluding hydrogens is 426 g/mol. The fourth-order valence-corrected chi connectivity index (χ4v) is 4.24. The van der Waals surface area contributed by atoms with Crippen LogP contribution in [-0.4, -0.2) is 45.0 Å². The molecule has 7 nitrogen and oxygen atoms in total. The van der Waals surface area contributed by atoms with Gasteiger partial charge in [-0.15, -0.1) is 0 Å². The number of carbonyl (C=O) groups excluding carboxylic acids is 1. The highest BCUT2D eigenvalue weighted by atomic mass is 16.5. The second-order valence-corrected chi connectivity index (χ2v) is 9.11. The Morgan fingerprint density at radius 3 is 2.74 bits per heavy atom. The number of hydrogen-bond donors (Lipinski definition) is 1. The first kappa shape index (κ1) is 22.2. The summed E-state index contributed by atoms with van der Waals surface area (Å²) in [6, 6.07) is 15.8. The van der Waals surface area contributed by atoms with E-state index in [1.165, 1.54) is 0 Å². The van der Waals surface area contributed by atoms with E-state index in [4.69, 9.17) is 4.74 Å². The van der Waals surface area contributed by atoms with Crippen LogP contribution in [0.2, 0.25) is 0 Å². The van der Waals surface area contributed by atoms with Gasteiger partial charge in [0.1, 0.15) is 11.9 Å². The molecule has 0 bridgehead atoms.